The topological polar surface area (TPSA) is 32.3 Å². The largest absolute Gasteiger partial charge is 0.394 e. The van der Waals surface area contributed by atoms with E-state index in [1.807, 2.05) is 0 Å². The highest BCUT2D eigenvalue weighted by Crippen LogP contribution is 2.36. The van der Waals surface area contributed by atoms with E-state index in [4.69, 9.17) is 0 Å². The molecule has 0 amide bonds. The van der Waals surface area contributed by atoms with Gasteiger partial charge < -0.3 is 10.4 Å². The third-order valence-corrected chi connectivity index (χ3v) is 3.56. The summed E-state index contributed by atoms with van der Waals surface area (Å²) in [6.07, 6.45) is 3.68. The maximum Gasteiger partial charge on any atom is 0.0616 e. The summed E-state index contributed by atoms with van der Waals surface area (Å²) in [6.45, 7) is 7.89. The Labute approximate surface area is 81.7 Å². The molecule has 13 heavy (non-hydrogen) atoms. The van der Waals surface area contributed by atoms with Crippen molar-refractivity contribution in [1.29, 1.82) is 0 Å². The van der Waals surface area contributed by atoms with E-state index in [9.17, 15) is 5.11 Å². The SMILES string of the molecule is CCNC1(CO)CC(C)CCC1C. The van der Waals surface area contributed by atoms with Gasteiger partial charge in [0.05, 0.1) is 6.61 Å². The Balaban J connectivity index is 2.67. The van der Waals surface area contributed by atoms with Crippen LogP contribution in [0.25, 0.3) is 0 Å². The van der Waals surface area contributed by atoms with Gasteiger partial charge in [-0.2, -0.15) is 0 Å². The summed E-state index contributed by atoms with van der Waals surface area (Å²) in [5.74, 6) is 1.36. The lowest BCUT2D eigenvalue weighted by molar-refractivity contribution is 0.0556. The molecule has 0 aromatic carbocycles. The molecule has 2 heteroatoms. The highest BCUT2D eigenvalue weighted by molar-refractivity contribution is 4.96. The number of hydrogen-bond acceptors (Lipinski definition) is 2. The molecule has 78 valence electrons. The molecule has 1 fully saturated rings. The van der Waals surface area contributed by atoms with Gasteiger partial charge in [0.1, 0.15) is 0 Å². The fraction of sp³-hybridized carbons (Fsp3) is 1.00. The fourth-order valence-electron chi connectivity index (χ4n) is 2.61. The molecule has 0 heterocycles. The van der Waals surface area contributed by atoms with Crippen molar-refractivity contribution in [2.24, 2.45) is 11.8 Å². The number of hydrogen-bond donors (Lipinski definition) is 2. The zero-order valence-corrected chi connectivity index (χ0v) is 9.14. The summed E-state index contributed by atoms with van der Waals surface area (Å²) in [5, 5.41) is 13.0. The Morgan fingerprint density at radius 2 is 2.08 bits per heavy atom. The normalized spacial score (nSPS) is 40.6. The average Bonchev–Trinajstić information content (AvgIpc) is 2.12. The smallest absolute Gasteiger partial charge is 0.0616 e. The van der Waals surface area contributed by atoms with E-state index in [0.29, 0.717) is 5.92 Å². The summed E-state index contributed by atoms with van der Waals surface area (Å²) in [5.41, 5.74) is 0.00637. The quantitative estimate of drug-likeness (QED) is 0.702. The molecule has 0 bridgehead atoms. The molecule has 0 aromatic heterocycles. The van der Waals surface area contributed by atoms with Gasteiger partial charge in [0, 0.05) is 5.54 Å². The van der Waals surface area contributed by atoms with Crippen LogP contribution >= 0.6 is 0 Å². The minimum absolute atomic E-state index is 0.00637. The maximum absolute atomic E-state index is 9.50. The van der Waals surface area contributed by atoms with Crippen molar-refractivity contribution in [2.75, 3.05) is 13.2 Å². The number of likely N-dealkylation sites (N-methyl/N-ethyl adjacent to an activating group) is 1. The maximum atomic E-state index is 9.50. The van der Waals surface area contributed by atoms with Gasteiger partial charge in [0.25, 0.3) is 0 Å². The van der Waals surface area contributed by atoms with Gasteiger partial charge >= 0.3 is 0 Å². The van der Waals surface area contributed by atoms with Gasteiger partial charge in [-0.25, -0.2) is 0 Å². The van der Waals surface area contributed by atoms with Crippen LogP contribution in [0.4, 0.5) is 0 Å². The predicted octanol–water partition coefficient (Wildman–Crippen LogP) is 1.78. The first-order valence-corrected chi connectivity index (χ1v) is 5.50. The van der Waals surface area contributed by atoms with Gasteiger partial charge in [-0.15, -0.1) is 0 Å². The van der Waals surface area contributed by atoms with E-state index in [0.717, 1.165) is 18.9 Å². The number of aliphatic hydroxyl groups excluding tert-OH is 1. The van der Waals surface area contributed by atoms with Gasteiger partial charge in [-0.3, -0.25) is 0 Å². The first-order chi connectivity index (χ1) is 6.14. The van der Waals surface area contributed by atoms with E-state index in [1.165, 1.54) is 12.8 Å². The number of nitrogens with one attached hydrogen (secondary N) is 1. The van der Waals surface area contributed by atoms with E-state index in [2.05, 4.69) is 26.1 Å². The molecular weight excluding hydrogens is 162 g/mol. The van der Waals surface area contributed by atoms with Crippen molar-refractivity contribution < 1.29 is 5.11 Å². The molecule has 3 unspecified atom stereocenters. The minimum atomic E-state index is 0.00637. The van der Waals surface area contributed by atoms with Gasteiger partial charge in [0.2, 0.25) is 0 Å². The molecule has 0 spiro atoms. The van der Waals surface area contributed by atoms with Crippen LogP contribution in [0.5, 0.6) is 0 Å². The van der Waals surface area contributed by atoms with Crippen LogP contribution < -0.4 is 5.32 Å². The standard InChI is InChI=1S/C11H23NO/c1-4-12-11(8-13)7-9(2)5-6-10(11)3/h9-10,12-13H,4-8H2,1-3H3. The molecule has 2 nitrogen and oxygen atoms in total. The Bertz CT molecular complexity index is 160. The van der Waals surface area contributed by atoms with Crippen molar-refractivity contribution in [3.05, 3.63) is 0 Å². The van der Waals surface area contributed by atoms with Crippen LogP contribution in [0.15, 0.2) is 0 Å². The fourth-order valence-corrected chi connectivity index (χ4v) is 2.61. The second-order valence-corrected chi connectivity index (χ2v) is 4.63. The Kier molecular flexibility index (Phi) is 3.74. The summed E-state index contributed by atoms with van der Waals surface area (Å²) >= 11 is 0. The highest BCUT2D eigenvalue weighted by Gasteiger charge is 2.39. The first kappa shape index (κ1) is 11.0. The van der Waals surface area contributed by atoms with Gasteiger partial charge in [0.15, 0.2) is 0 Å². The van der Waals surface area contributed by atoms with Crippen LogP contribution in [0.2, 0.25) is 0 Å². The molecule has 2 N–H and O–H groups in total. The molecular formula is C11H23NO. The summed E-state index contributed by atoms with van der Waals surface area (Å²) in [4.78, 5) is 0. The summed E-state index contributed by atoms with van der Waals surface area (Å²) in [6, 6.07) is 0. The monoisotopic (exact) mass is 185 g/mol. The third kappa shape index (κ3) is 2.23. The molecule has 0 aromatic rings. The molecule has 0 aliphatic heterocycles. The van der Waals surface area contributed by atoms with Crippen molar-refractivity contribution in [3.8, 4) is 0 Å². The minimum Gasteiger partial charge on any atom is -0.394 e. The molecule has 1 saturated carbocycles. The second-order valence-electron chi connectivity index (χ2n) is 4.63. The Morgan fingerprint density at radius 1 is 1.38 bits per heavy atom. The van der Waals surface area contributed by atoms with Crippen LogP contribution in [-0.4, -0.2) is 23.8 Å². The number of aliphatic hydroxyl groups is 1. The van der Waals surface area contributed by atoms with Crippen LogP contribution in [0, 0.1) is 11.8 Å². The van der Waals surface area contributed by atoms with E-state index < -0.39 is 0 Å². The van der Waals surface area contributed by atoms with Gasteiger partial charge in [-0.1, -0.05) is 27.2 Å². The van der Waals surface area contributed by atoms with Crippen LogP contribution in [0.3, 0.4) is 0 Å². The summed E-state index contributed by atoms with van der Waals surface area (Å²) < 4.78 is 0. The molecule has 0 radical (unpaired) electrons. The number of rotatable bonds is 3. The second kappa shape index (κ2) is 4.43. The van der Waals surface area contributed by atoms with Crippen LogP contribution in [0.1, 0.15) is 40.0 Å². The molecule has 1 rings (SSSR count). The first-order valence-electron chi connectivity index (χ1n) is 5.50. The van der Waals surface area contributed by atoms with E-state index in [1.54, 1.807) is 0 Å². The van der Waals surface area contributed by atoms with E-state index in [-0.39, 0.29) is 12.1 Å². The molecule has 3 atom stereocenters. The lowest BCUT2D eigenvalue weighted by Crippen LogP contribution is -2.56. The lowest BCUT2D eigenvalue weighted by atomic mass is 9.70. The Morgan fingerprint density at radius 3 is 2.62 bits per heavy atom. The van der Waals surface area contributed by atoms with E-state index >= 15 is 0 Å². The third-order valence-electron chi connectivity index (χ3n) is 3.56. The van der Waals surface area contributed by atoms with Crippen molar-refractivity contribution in [2.45, 2.75) is 45.6 Å². The predicted molar refractivity (Wildman–Crippen MR) is 55.7 cm³/mol. The zero-order chi connectivity index (χ0) is 9.90. The van der Waals surface area contributed by atoms with Crippen molar-refractivity contribution >= 4 is 0 Å². The van der Waals surface area contributed by atoms with Gasteiger partial charge in [-0.05, 0) is 31.2 Å². The lowest BCUT2D eigenvalue weighted by Gasteiger charge is -2.44. The Hall–Kier alpha value is -0.0800. The van der Waals surface area contributed by atoms with Crippen molar-refractivity contribution in [1.82, 2.24) is 5.32 Å². The van der Waals surface area contributed by atoms with Crippen molar-refractivity contribution in [3.63, 3.8) is 0 Å². The molecule has 1 aliphatic carbocycles. The zero-order valence-electron chi connectivity index (χ0n) is 9.14. The average molecular weight is 185 g/mol. The highest BCUT2D eigenvalue weighted by atomic mass is 16.3. The molecule has 1 aliphatic rings. The summed E-state index contributed by atoms with van der Waals surface area (Å²) in [7, 11) is 0. The van der Waals surface area contributed by atoms with Crippen LogP contribution in [-0.2, 0) is 0 Å². The molecule has 0 saturated heterocycles.